The lowest BCUT2D eigenvalue weighted by atomic mass is 9.46. The lowest BCUT2D eigenvalue weighted by Gasteiger charge is -2.62. The summed E-state index contributed by atoms with van der Waals surface area (Å²) in [4.78, 5) is 4.30. The van der Waals surface area contributed by atoms with Crippen LogP contribution in [0.2, 0.25) is 0 Å². The van der Waals surface area contributed by atoms with Crippen molar-refractivity contribution in [3.8, 4) is 11.3 Å². The van der Waals surface area contributed by atoms with Crippen LogP contribution < -0.4 is 0 Å². The van der Waals surface area contributed by atoms with Gasteiger partial charge in [-0.3, -0.25) is 0 Å². The Hall–Kier alpha value is -2.55. The summed E-state index contributed by atoms with van der Waals surface area (Å²) in [5.74, 6) is 0.766. The third kappa shape index (κ3) is 3.71. The largest absolute Gasteiger partial charge is 0.392 e. The summed E-state index contributed by atoms with van der Waals surface area (Å²) in [6.45, 7) is 0. The normalized spacial score (nSPS) is 31.9. The van der Waals surface area contributed by atoms with Crippen LogP contribution in [0.1, 0.15) is 55.7 Å². The van der Waals surface area contributed by atoms with Crippen molar-refractivity contribution in [2.24, 2.45) is 23.2 Å². The van der Waals surface area contributed by atoms with E-state index in [1.165, 1.54) is 6.07 Å². The number of hydrogen-bond donors (Lipinski definition) is 1. The number of rotatable bonds is 7. The number of aromatic nitrogens is 2. The molecule has 4 aliphatic carbocycles. The number of hydrogen-bond acceptors (Lipinski definition) is 4. The molecule has 7 atom stereocenters. The van der Waals surface area contributed by atoms with Gasteiger partial charge < -0.3 is 9.67 Å². The highest BCUT2D eigenvalue weighted by atomic mass is 32.2. The van der Waals surface area contributed by atoms with Crippen LogP contribution in [-0.2, 0) is 15.8 Å². The minimum absolute atomic E-state index is 0.0113. The first-order valence-electron chi connectivity index (χ1n) is 13.7. The molecular weight excluding hydrogens is 501 g/mol. The van der Waals surface area contributed by atoms with Crippen LogP contribution >= 0.6 is 0 Å². The molecule has 2 heterocycles. The Morgan fingerprint density at radius 3 is 2.58 bits per heavy atom. The molecule has 8 heteroatoms. The SMILES string of the molecule is CN(C1C2CC3C[C@@H]1CC(C(O)CC1c4c(F)cccc4-c4cncn41)(C3)C2)S(=O)(=O)Cc1ccccc1. The Morgan fingerprint density at radius 2 is 1.84 bits per heavy atom. The molecule has 1 N–H and O–H groups in total. The van der Waals surface area contributed by atoms with E-state index in [1.807, 2.05) is 41.0 Å². The Bertz CT molecular complexity index is 1460. The van der Waals surface area contributed by atoms with Crippen LogP contribution in [0.15, 0.2) is 61.1 Å². The van der Waals surface area contributed by atoms with E-state index < -0.39 is 16.1 Å². The molecule has 1 aromatic heterocycles. The molecule has 200 valence electrons. The molecule has 0 spiro atoms. The molecule has 4 bridgehead atoms. The number of fused-ring (bicyclic) bond motifs is 3. The molecule has 0 amide bonds. The first-order valence-corrected chi connectivity index (χ1v) is 15.3. The van der Waals surface area contributed by atoms with E-state index >= 15 is 4.39 Å². The average molecular weight is 536 g/mol. The molecule has 6 unspecified atom stereocenters. The number of halogens is 1. The van der Waals surface area contributed by atoms with E-state index in [2.05, 4.69) is 4.98 Å². The predicted octanol–water partition coefficient (Wildman–Crippen LogP) is 5.00. The summed E-state index contributed by atoms with van der Waals surface area (Å²) in [6.07, 6.45) is 8.03. The summed E-state index contributed by atoms with van der Waals surface area (Å²) < 4.78 is 45.6. The third-order valence-corrected chi connectivity index (χ3v) is 12.0. The summed E-state index contributed by atoms with van der Waals surface area (Å²) in [6, 6.07) is 14.2. The fraction of sp³-hybridized carbons (Fsp3) is 0.500. The molecular formula is C30H34FN3O3S. The van der Waals surface area contributed by atoms with Gasteiger partial charge in [0.15, 0.2) is 0 Å². The van der Waals surface area contributed by atoms with E-state index in [9.17, 15) is 13.5 Å². The van der Waals surface area contributed by atoms with Crippen LogP contribution in [0.5, 0.6) is 0 Å². The molecule has 3 aromatic rings. The maximum atomic E-state index is 15.0. The molecule has 38 heavy (non-hydrogen) atoms. The standard InChI is InChI=1S/C30H34FN3O3S/c1-33(38(36,37)17-19-6-3-2-4-7-19)29-21-10-20-11-22(29)15-30(13-20,14-21)27(35)12-25-28-23(8-5-9-24(28)31)26-16-32-18-34(25)26/h2-9,16,18,20-22,25,27,29,35H,10-15,17H2,1H3/t20?,21-,22?,25?,27?,29?,30?/m1/s1. The summed E-state index contributed by atoms with van der Waals surface area (Å²) in [5.41, 5.74) is 2.96. The van der Waals surface area contributed by atoms with Crippen molar-refractivity contribution < 1.29 is 17.9 Å². The van der Waals surface area contributed by atoms with Crippen molar-refractivity contribution >= 4 is 10.0 Å². The number of imidazole rings is 1. The van der Waals surface area contributed by atoms with Crippen molar-refractivity contribution in [1.82, 2.24) is 13.9 Å². The molecule has 4 saturated carbocycles. The topological polar surface area (TPSA) is 75.4 Å². The first-order chi connectivity index (χ1) is 18.3. The maximum Gasteiger partial charge on any atom is 0.218 e. The smallest absolute Gasteiger partial charge is 0.218 e. The highest BCUT2D eigenvalue weighted by molar-refractivity contribution is 7.88. The second-order valence-corrected chi connectivity index (χ2v) is 14.3. The number of sulfonamides is 1. The van der Waals surface area contributed by atoms with Crippen LogP contribution in [0, 0.1) is 29.0 Å². The number of aliphatic hydroxyl groups excluding tert-OH is 1. The fourth-order valence-electron chi connectivity index (χ4n) is 8.83. The van der Waals surface area contributed by atoms with Crippen LogP contribution in [0.25, 0.3) is 11.3 Å². The number of nitrogens with zero attached hydrogens (tertiary/aromatic N) is 3. The van der Waals surface area contributed by atoms with Gasteiger partial charge in [-0.25, -0.2) is 22.1 Å². The third-order valence-electron chi connectivity index (χ3n) is 10.1. The first kappa shape index (κ1) is 24.5. The lowest BCUT2D eigenvalue weighted by molar-refractivity contribution is -0.146. The van der Waals surface area contributed by atoms with E-state index in [1.54, 1.807) is 29.9 Å². The van der Waals surface area contributed by atoms with Crippen molar-refractivity contribution in [3.63, 3.8) is 0 Å². The number of benzene rings is 2. The van der Waals surface area contributed by atoms with Crippen molar-refractivity contribution in [3.05, 3.63) is 78.0 Å². The van der Waals surface area contributed by atoms with Crippen LogP contribution in [-0.4, -0.2) is 46.6 Å². The molecule has 5 aliphatic rings. The van der Waals surface area contributed by atoms with Gasteiger partial charge in [0, 0.05) is 24.2 Å². The van der Waals surface area contributed by atoms with Gasteiger partial charge in [-0.05, 0) is 73.3 Å². The molecule has 0 saturated heterocycles. The van der Waals surface area contributed by atoms with E-state index in [4.69, 9.17) is 0 Å². The van der Waals surface area contributed by atoms with Gasteiger partial charge in [-0.2, -0.15) is 0 Å². The van der Waals surface area contributed by atoms with Gasteiger partial charge in [0.1, 0.15) is 5.82 Å². The Morgan fingerprint density at radius 1 is 1.11 bits per heavy atom. The van der Waals surface area contributed by atoms with E-state index in [-0.39, 0.29) is 40.9 Å². The lowest BCUT2D eigenvalue weighted by Crippen LogP contribution is -2.62. The summed E-state index contributed by atoms with van der Waals surface area (Å²) in [5, 5.41) is 11.8. The number of aliphatic hydroxyl groups is 1. The van der Waals surface area contributed by atoms with Gasteiger partial charge in [0.25, 0.3) is 0 Å². The van der Waals surface area contributed by atoms with Gasteiger partial charge in [0.05, 0.1) is 36.1 Å². The van der Waals surface area contributed by atoms with Gasteiger partial charge >= 0.3 is 0 Å². The van der Waals surface area contributed by atoms with Gasteiger partial charge in [0.2, 0.25) is 10.0 Å². The predicted molar refractivity (Wildman–Crippen MR) is 143 cm³/mol. The molecule has 6 nitrogen and oxygen atoms in total. The minimum Gasteiger partial charge on any atom is -0.392 e. The fourth-order valence-corrected chi connectivity index (χ4v) is 10.4. The molecule has 8 rings (SSSR count). The zero-order chi connectivity index (χ0) is 26.2. The second kappa shape index (κ2) is 8.73. The van der Waals surface area contributed by atoms with Gasteiger partial charge in [-0.1, -0.05) is 42.5 Å². The van der Waals surface area contributed by atoms with Crippen LogP contribution in [0.4, 0.5) is 4.39 Å². The minimum atomic E-state index is -3.46. The van der Waals surface area contributed by atoms with E-state index in [0.29, 0.717) is 17.9 Å². The van der Waals surface area contributed by atoms with Crippen LogP contribution in [0.3, 0.4) is 0 Å². The quantitative estimate of drug-likeness (QED) is 0.462. The monoisotopic (exact) mass is 535 g/mol. The van der Waals surface area contributed by atoms with Crippen molar-refractivity contribution in [2.45, 2.75) is 62.5 Å². The second-order valence-electron chi connectivity index (χ2n) is 12.2. The van der Waals surface area contributed by atoms with Crippen molar-refractivity contribution in [2.75, 3.05) is 7.05 Å². The highest BCUT2D eigenvalue weighted by Gasteiger charge is 2.59. The zero-order valence-corrected chi connectivity index (χ0v) is 22.4. The summed E-state index contributed by atoms with van der Waals surface area (Å²) >= 11 is 0. The highest BCUT2D eigenvalue weighted by Crippen LogP contribution is 2.63. The average Bonchev–Trinajstić information content (AvgIpc) is 3.47. The molecule has 2 aromatic carbocycles. The Kier molecular flexibility index (Phi) is 5.63. The summed E-state index contributed by atoms with van der Waals surface area (Å²) in [7, 11) is -1.71. The molecule has 4 fully saturated rings. The zero-order valence-electron chi connectivity index (χ0n) is 21.6. The molecule has 0 radical (unpaired) electrons. The molecule has 1 aliphatic heterocycles. The van der Waals surface area contributed by atoms with Crippen molar-refractivity contribution in [1.29, 1.82) is 0 Å². The Labute approximate surface area is 223 Å². The Balaban J connectivity index is 1.13. The van der Waals surface area contributed by atoms with E-state index in [0.717, 1.165) is 48.9 Å². The van der Waals surface area contributed by atoms with Gasteiger partial charge in [-0.15, -0.1) is 0 Å². The maximum absolute atomic E-state index is 15.0.